The standard InChI is InChI=1S/C13H17F4NO2/c1-2-9-3-4-10(18-6-9)5-11(19)7-20-8-13(16,17)12(14)15/h3-4,6,11-12,19H,2,5,7-8H2,1H3. The lowest BCUT2D eigenvalue weighted by Gasteiger charge is -2.17. The minimum atomic E-state index is -4.19. The van der Waals surface area contributed by atoms with E-state index in [2.05, 4.69) is 9.72 Å². The van der Waals surface area contributed by atoms with Gasteiger partial charge in [-0.2, -0.15) is 8.78 Å². The first-order chi connectivity index (χ1) is 9.35. The maximum atomic E-state index is 12.5. The Labute approximate surface area is 114 Å². The van der Waals surface area contributed by atoms with E-state index in [1.807, 2.05) is 13.0 Å². The summed E-state index contributed by atoms with van der Waals surface area (Å²) in [5.41, 5.74) is 1.62. The number of aliphatic hydroxyl groups excluding tert-OH is 1. The highest BCUT2D eigenvalue weighted by Gasteiger charge is 2.41. The monoisotopic (exact) mass is 295 g/mol. The lowest BCUT2D eigenvalue weighted by Crippen LogP contribution is -2.34. The molecule has 0 bridgehead atoms. The molecular weight excluding hydrogens is 278 g/mol. The Morgan fingerprint density at radius 3 is 2.55 bits per heavy atom. The Bertz CT molecular complexity index is 398. The van der Waals surface area contributed by atoms with Crippen molar-refractivity contribution >= 4 is 0 Å². The second-order valence-electron chi connectivity index (χ2n) is 4.45. The molecule has 1 unspecified atom stereocenters. The summed E-state index contributed by atoms with van der Waals surface area (Å²) in [6.45, 7) is 0.117. The van der Waals surface area contributed by atoms with Crippen LogP contribution in [0.1, 0.15) is 18.2 Å². The number of alkyl halides is 4. The second-order valence-corrected chi connectivity index (χ2v) is 4.45. The summed E-state index contributed by atoms with van der Waals surface area (Å²) in [7, 11) is 0. The van der Waals surface area contributed by atoms with E-state index < -0.39 is 31.7 Å². The minimum absolute atomic E-state index is 0.115. The Morgan fingerprint density at radius 1 is 1.35 bits per heavy atom. The van der Waals surface area contributed by atoms with Crippen molar-refractivity contribution in [3.05, 3.63) is 29.6 Å². The van der Waals surface area contributed by atoms with Crippen molar-refractivity contribution in [2.45, 2.75) is 38.2 Å². The van der Waals surface area contributed by atoms with E-state index >= 15 is 0 Å². The lowest BCUT2D eigenvalue weighted by atomic mass is 10.1. The van der Waals surface area contributed by atoms with Gasteiger partial charge in [0, 0.05) is 18.3 Å². The molecule has 0 saturated carbocycles. The molecule has 1 N–H and O–H groups in total. The lowest BCUT2D eigenvalue weighted by molar-refractivity contribution is -0.170. The van der Waals surface area contributed by atoms with Gasteiger partial charge in [-0.15, -0.1) is 0 Å². The zero-order chi connectivity index (χ0) is 15.2. The van der Waals surface area contributed by atoms with Crippen LogP contribution < -0.4 is 0 Å². The van der Waals surface area contributed by atoms with Gasteiger partial charge < -0.3 is 9.84 Å². The summed E-state index contributed by atoms with van der Waals surface area (Å²) in [4.78, 5) is 4.09. The fourth-order valence-corrected chi connectivity index (χ4v) is 1.48. The average Bonchev–Trinajstić information content (AvgIpc) is 2.39. The van der Waals surface area contributed by atoms with Crippen molar-refractivity contribution < 1.29 is 27.4 Å². The van der Waals surface area contributed by atoms with Crippen LogP contribution in [0.25, 0.3) is 0 Å². The van der Waals surface area contributed by atoms with Gasteiger partial charge >= 0.3 is 12.3 Å². The number of nitrogens with zero attached hydrogens (tertiary/aromatic N) is 1. The first kappa shape index (κ1) is 16.8. The summed E-state index contributed by atoms with van der Waals surface area (Å²) in [6, 6.07) is 3.57. The minimum Gasteiger partial charge on any atom is -0.390 e. The van der Waals surface area contributed by atoms with Crippen molar-refractivity contribution in [3.63, 3.8) is 0 Å². The molecule has 0 spiro atoms. The molecule has 1 aromatic rings. The van der Waals surface area contributed by atoms with E-state index in [1.54, 1.807) is 12.3 Å². The molecule has 0 fully saturated rings. The Hall–Kier alpha value is -1.21. The molecule has 0 aliphatic heterocycles. The van der Waals surface area contributed by atoms with Crippen LogP contribution in [0.2, 0.25) is 0 Å². The van der Waals surface area contributed by atoms with Crippen molar-refractivity contribution in [2.24, 2.45) is 0 Å². The van der Waals surface area contributed by atoms with E-state index in [-0.39, 0.29) is 6.42 Å². The first-order valence-electron chi connectivity index (χ1n) is 6.20. The number of aromatic nitrogens is 1. The predicted molar refractivity (Wildman–Crippen MR) is 65.1 cm³/mol. The van der Waals surface area contributed by atoms with Crippen molar-refractivity contribution in [1.29, 1.82) is 0 Å². The third kappa shape index (κ3) is 5.42. The van der Waals surface area contributed by atoms with E-state index in [0.717, 1.165) is 12.0 Å². The highest BCUT2D eigenvalue weighted by molar-refractivity contribution is 5.14. The van der Waals surface area contributed by atoms with E-state index in [9.17, 15) is 22.7 Å². The van der Waals surface area contributed by atoms with Crippen LogP contribution in [-0.2, 0) is 17.6 Å². The summed E-state index contributed by atoms with van der Waals surface area (Å²) in [5, 5.41) is 9.57. The van der Waals surface area contributed by atoms with E-state index in [0.29, 0.717) is 5.69 Å². The van der Waals surface area contributed by atoms with Crippen LogP contribution in [0.5, 0.6) is 0 Å². The zero-order valence-corrected chi connectivity index (χ0v) is 11.0. The van der Waals surface area contributed by atoms with Gasteiger partial charge in [0.25, 0.3) is 0 Å². The number of rotatable bonds is 8. The first-order valence-corrected chi connectivity index (χ1v) is 6.20. The molecule has 1 rings (SSSR count). The fourth-order valence-electron chi connectivity index (χ4n) is 1.48. The number of aliphatic hydroxyl groups is 1. The third-order valence-corrected chi connectivity index (χ3v) is 2.66. The van der Waals surface area contributed by atoms with Gasteiger partial charge in [0.1, 0.15) is 6.61 Å². The Morgan fingerprint density at radius 2 is 2.05 bits per heavy atom. The molecule has 0 aliphatic rings. The maximum absolute atomic E-state index is 12.5. The molecule has 0 saturated heterocycles. The topological polar surface area (TPSA) is 42.4 Å². The van der Waals surface area contributed by atoms with Crippen molar-refractivity contribution in [3.8, 4) is 0 Å². The molecule has 0 aromatic carbocycles. The number of hydrogen-bond acceptors (Lipinski definition) is 3. The number of hydrogen-bond donors (Lipinski definition) is 1. The molecule has 0 amide bonds. The quantitative estimate of drug-likeness (QED) is 0.749. The van der Waals surface area contributed by atoms with Gasteiger partial charge in [0.15, 0.2) is 0 Å². The van der Waals surface area contributed by atoms with Crippen LogP contribution in [0.15, 0.2) is 18.3 Å². The normalized spacial score (nSPS) is 13.8. The molecule has 1 aromatic heterocycles. The summed E-state index contributed by atoms with van der Waals surface area (Å²) < 4.78 is 53.2. The van der Waals surface area contributed by atoms with E-state index in [1.165, 1.54) is 0 Å². The van der Waals surface area contributed by atoms with Crippen molar-refractivity contribution in [2.75, 3.05) is 13.2 Å². The molecule has 7 heteroatoms. The maximum Gasteiger partial charge on any atom is 0.330 e. The van der Waals surface area contributed by atoms with Crippen LogP contribution in [0, 0.1) is 0 Å². The van der Waals surface area contributed by atoms with Crippen LogP contribution in [-0.4, -0.2) is 41.8 Å². The van der Waals surface area contributed by atoms with Crippen LogP contribution in [0.3, 0.4) is 0 Å². The number of pyridine rings is 1. The summed E-state index contributed by atoms with van der Waals surface area (Å²) in [6.07, 6.45) is -2.23. The predicted octanol–water partition coefficient (Wildman–Crippen LogP) is 2.46. The summed E-state index contributed by atoms with van der Waals surface area (Å²) >= 11 is 0. The van der Waals surface area contributed by atoms with E-state index in [4.69, 9.17) is 0 Å². The van der Waals surface area contributed by atoms with Gasteiger partial charge in [0.05, 0.1) is 12.7 Å². The fraction of sp³-hybridized carbons (Fsp3) is 0.615. The number of aryl methyl sites for hydroxylation is 1. The highest BCUT2D eigenvalue weighted by atomic mass is 19.3. The molecule has 3 nitrogen and oxygen atoms in total. The van der Waals surface area contributed by atoms with Gasteiger partial charge in [0.2, 0.25) is 0 Å². The van der Waals surface area contributed by atoms with Gasteiger partial charge in [-0.05, 0) is 18.1 Å². The SMILES string of the molecule is CCc1ccc(CC(O)COCC(F)(F)C(F)F)nc1. The molecule has 1 atom stereocenters. The third-order valence-electron chi connectivity index (χ3n) is 2.66. The summed E-state index contributed by atoms with van der Waals surface area (Å²) in [5.74, 6) is -4.19. The van der Waals surface area contributed by atoms with Gasteiger partial charge in [-0.25, -0.2) is 8.78 Å². The molecular formula is C13H17F4NO2. The zero-order valence-electron chi connectivity index (χ0n) is 11.0. The van der Waals surface area contributed by atoms with Crippen molar-refractivity contribution in [1.82, 2.24) is 4.98 Å². The molecule has 0 aliphatic carbocycles. The highest BCUT2D eigenvalue weighted by Crippen LogP contribution is 2.22. The number of halogens is 4. The largest absolute Gasteiger partial charge is 0.390 e. The molecule has 1 heterocycles. The average molecular weight is 295 g/mol. The van der Waals surface area contributed by atoms with Crippen LogP contribution >= 0.6 is 0 Å². The van der Waals surface area contributed by atoms with Gasteiger partial charge in [-0.1, -0.05) is 13.0 Å². The molecule has 20 heavy (non-hydrogen) atoms. The Balaban J connectivity index is 2.34. The van der Waals surface area contributed by atoms with Gasteiger partial charge in [-0.3, -0.25) is 4.98 Å². The molecule has 114 valence electrons. The molecule has 0 radical (unpaired) electrons. The number of ether oxygens (including phenoxy) is 1. The van der Waals surface area contributed by atoms with Crippen LogP contribution in [0.4, 0.5) is 17.6 Å². The Kier molecular flexibility index (Phi) is 6.35. The second kappa shape index (κ2) is 7.54. The smallest absolute Gasteiger partial charge is 0.330 e.